The first-order chi connectivity index (χ1) is 6.83. The van der Waals surface area contributed by atoms with Crippen molar-refractivity contribution in [3.8, 4) is 0 Å². The first-order valence-electron chi connectivity index (χ1n) is 4.76. The topological polar surface area (TPSA) is 74.5 Å². The molecule has 2 fully saturated rings. The van der Waals surface area contributed by atoms with Crippen LogP contribution in [-0.2, 0) is 20.0 Å². The Bertz CT molecular complexity index is 451. The third kappa shape index (κ3) is 2.17. The lowest BCUT2D eigenvalue weighted by Gasteiger charge is -2.22. The zero-order valence-electron chi connectivity index (χ0n) is 8.46. The molecule has 0 amide bonds. The fraction of sp³-hybridized carbons (Fsp3) is 1.00. The van der Waals surface area contributed by atoms with E-state index in [1.54, 1.807) is 0 Å². The summed E-state index contributed by atoms with van der Waals surface area (Å²) in [6, 6.07) is -0.388. The fourth-order valence-corrected chi connectivity index (χ4v) is 5.04. The van der Waals surface area contributed by atoms with E-state index in [1.807, 2.05) is 0 Å². The molecule has 88 valence electrons. The molecule has 0 aromatic heterocycles. The minimum Gasteiger partial charge on any atom is -0.229 e. The summed E-state index contributed by atoms with van der Waals surface area (Å²) in [4.78, 5) is 0. The second kappa shape index (κ2) is 3.41. The maximum absolute atomic E-state index is 11.7. The van der Waals surface area contributed by atoms with Crippen LogP contribution in [0.5, 0.6) is 0 Å². The van der Waals surface area contributed by atoms with Crippen LogP contribution in [0.15, 0.2) is 0 Å². The Morgan fingerprint density at radius 2 is 1.93 bits per heavy atom. The molecule has 2 saturated heterocycles. The van der Waals surface area contributed by atoms with E-state index in [9.17, 15) is 16.8 Å². The van der Waals surface area contributed by atoms with Gasteiger partial charge in [0.1, 0.15) is 0 Å². The van der Waals surface area contributed by atoms with Gasteiger partial charge in [-0.25, -0.2) is 8.42 Å². The number of hydrogen-bond donors (Lipinski definition) is 0. The fourth-order valence-electron chi connectivity index (χ4n) is 1.70. The summed E-state index contributed by atoms with van der Waals surface area (Å²) >= 11 is 0. The van der Waals surface area contributed by atoms with Crippen molar-refractivity contribution in [2.45, 2.75) is 12.5 Å². The van der Waals surface area contributed by atoms with E-state index in [4.69, 9.17) is 0 Å². The van der Waals surface area contributed by atoms with Crippen molar-refractivity contribution in [3.63, 3.8) is 0 Å². The van der Waals surface area contributed by atoms with E-state index in [1.165, 1.54) is 15.7 Å². The molecule has 0 saturated carbocycles. The SMILES string of the molecule is CN(C1CCS(=O)(=O)C1)S(=O)(=O)N1CC1. The Labute approximate surface area is 90.0 Å². The van der Waals surface area contributed by atoms with E-state index in [2.05, 4.69) is 0 Å². The van der Waals surface area contributed by atoms with Gasteiger partial charge in [0.2, 0.25) is 0 Å². The second-order valence-corrected chi connectivity index (χ2v) is 8.20. The maximum Gasteiger partial charge on any atom is 0.282 e. The molecule has 6 nitrogen and oxygen atoms in total. The standard InChI is InChI=1S/C7H14N2O4S2/c1-8(15(12,13)9-3-4-9)7-2-5-14(10,11)6-7/h7H,2-6H2,1H3. The Morgan fingerprint density at radius 3 is 2.33 bits per heavy atom. The van der Waals surface area contributed by atoms with Crippen molar-refractivity contribution in [2.24, 2.45) is 0 Å². The molecule has 15 heavy (non-hydrogen) atoms. The number of hydrogen-bond acceptors (Lipinski definition) is 4. The van der Waals surface area contributed by atoms with Crippen molar-refractivity contribution in [2.75, 3.05) is 31.6 Å². The molecule has 0 radical (unpaired) electrons. The van der Waals surface area contributed by atoms with Crippen LogP contribution in [0.1, 0.15) is 6.42 Å². The predicted octanol–water partition coefficient (Wildman–Crippen LogP) is -1.33. The molecule has 2 heterocycles. The van der Waals surface area contributed by atoms with Gasteiger partial charge in [-0.2, -0.15) is 17.0 Å². The van der Waals surface area contributed by atoms with Gasteiger partial charge in [0.05, 0.1) is 11.5 Å². The first kappa shape index (κ1) is 11.3. The number of rotatable bonds is 3. The van der Waals surface area contributed by atoms with Crippen LogP contribution < -0.4 is 0 Å². The Balaban J connectivity index is 2.12. The Kier molecular flexibility index (Phi) is 2.57. The highest BCUT2D eigenvalue weighted by Gasteiger charge is 2.41. The molecular formula is C7H14N2O4S2. The highest BCUT2D eigenvalue weighted by molar-refractivity contribution is 7.91. The van der Waals surface area contributed by atoms with Gasteiger partial charge in [0.15, 0.2) is 9.84 Å². The molecule has 0 aromatic rings. The molecule has 0 bridgehead atoms. The largest absolute Gasteiger partial charge is 0.282 e. The lowest BCUT2D eigenvalue weighted by Crippen LogP contribution is -2.41. The van der Waals surface area contributed by atoms with Crippen LogP contribution >= 0.6 is 0 Å². The summed E-state index contributed by atoms with van der Waals surface area (Å²) in [6.45, 7) is 1.10. The van der Waals surface area contributed by atoms with Gasteiger partial charge >= 0.3 is 0 Å². The van der Waals surface area contributed by atoms with Gasteiger partial charge in [-0.05, 0) is 6.42 Å². The van der Waals surface area contributed by atoms with E-state index in [0.29, 0.717) is 19.5 Å². The van der Waals surface area contributed by atoms with Crippen LogP contribution in [0, 0.1) is 0 Å². The number of sulfone groups is 1. The van der Waals surface area contributed by atoms with E-state index in [-0.39, 0.29) is 17.5 Å². The van der Waals surface area contributed by atoms with Crippen molar-refractivity contribution in [1.82, 2.24) is 8.61 Å². The molecule has 1 unspecified atom stereocenters. The summed E-state index contributed by atoms with van der Waals surface area (Å²) in [5.74, 6) is 0.0497. The van der Waals surface area contributed by atoms with Crippen LogP contribution in [0.25, 0.3) is 0 Å². The molecule has 0 N–H and O–H groups in total. The lowest BCUT2D eigenvalue weighted by molar-refractivity contribution is 0.377. The van der Waals surface area contributed by atoms with Crippen molar-refractivity contribution in [3.05, 3.63) is 0 Å². The molecule has 2 aliphatic rings. The van der Waals surface area contributed by atoms with Crippen molar-refractivity contribution >= 4 is 20.0 Å². The maximum atomic E-state index is 11.7. The van der Waals surface area contributed by atoms with Gasteiger partial charge in [0, 0.05) is 26.2 Å². The smallest absolute Gasteiger partial charge is 0.229 e. The normalized spacial score (nSPS) is 30.9. The molecule has 2 rings (SSSR count). The summed E-state index contributed by atoms with van der Waals surface area (Å²) in [5.41, 5.74) is 0. The molecule has 0 aromatic carbocycles. The lowest BCUT2D eigenvalue weighted by atomic mass is 10.3. The van der Waals surface area contributed by atoms with Gasteiger partial charge in [-0.3, -0.25) is 0 Å². The van der Waals surface area contributed by atoms with E-state index < -0.39 is 20.0 Å². The minimum atomic E-state index is -3.40. The van der Waals surface area contributed by atoms with Crippen LogP contribution in [0.3, 0.4) is 0 Å². The minimum absolute atomic E-state index is 0.0451. The summed E-state index contributed by atoms with van der Waals surface area (Å²) in [7, 11) is -4.97. The van der Waals surface area contributed by atoms with Gasteiger partial charge in [-0.1, -0.05) is 0 Å². The van der Waals surface area contributed by atoms with Crippen molar-refractivity contribution in [1.29, 1.82) is 0 Å². The predicted molar refractivity (Wildman–Crippen MR) is 55.3 cm³/mol. The number of nitrogens with zero attached hydrogens (tertiary/aromatic N) is 2. The zero-order chi connectivity index (χ0) is 11.3. The monoisotopic (exact) mass is 254 g/mol. The van der Waals surface area contributed by atoms with Crippen molar-refractivity contribution < 1.29 is 16.8 Å². The molecular weight excluding hydrogens is 240 g/mol. The third-order valence-electron chi connectivity index (χ3n) is 2.82. The van der Waals surface area contributed by atoms with Crippen LogP contribution in [0.4, 0.5) is 0 Å². The summed E-state index contributed by atoms with van der Waals surface area (Å²) in [6.07, 6.45) is 0.409. The Hall–Kier alpha value is -0.180. The van der Waals surface area contributed by atoms with Crippen LogP contribution in [-0.4, -0.2) is 63.1 Å². The summed E-state index contributed by atoms with van der Waals surface area (Å²) in [5, 5.41) is 0. The molecule has 8 heteroatoms. The second-order valence-electron chi connectivity index (χ2n) is 3.98. The van der Waals surface area contributed by atoms with E-state index in [0.717, 1.165) is 0 Å². The zero-order valence-corrected chi connectivity index (χ0v) is 10.1. The Morgan fingerprint density at radius 1 is 1.33 bits per heavy atom. The highest BCUT2D eigenvalue weighted by Crippen LogP contribution is 2.23. The van der Waals surface area contributed by atoms with Crippen LogP contribution in [0.2, 0.25) is 0 Å². The molecule has 0 spiro atoms. The molecule has 0 aliphatic carbocycles. The average Bonchev–Trinajstić information content (AvgIpc) is 2.90. The molecule has 1 atom stereocenters. The summed E-state index contributed by atoms with van der Waals surface area (Å²) < 4.78 is 48.5. The van der Waals surface area contributed by atoms with Gasteiger partial charge < -0.3 is 0 Å². The van der Waals surface area contributed by atoms with Gasteiger partial charge in [0.25, 0.3) is 10.2 Å². The quantitative estimate of drug-likeness (QED) is 0.585. The highest BCUT2D eigenvalue weighted by atomic mass is 32.2. The first-order valence-corrected chi connectivity index (χ1v) is 7.98. The molecule has 2 aliphatic heterocycles. The van der Waals surface area contributed by atoms with E-state index >= 15 is 0 Å². The third-order valence-corrected chi connectivity index (χ3v) is 6.61. The average molecular weight is 254 g/mol. The van der Waals surface area contributed by atoms with Gasteiger partial charge in [-0.15, -0.1) is 0 Å².